The topological polar surface area (TPSA) is 201 Å². The highest BCUT2D eigenvalue weighted by Crippen LogP contribution is 2.23. The van der Waals surface area contributed by atoms with Crippen molar-refractivity contribution >= 4 is 35.4 Å². The summed E-state index contributed by atoms with van der Waals surface area (Å²) in [5.74, 6) is -4.60. The molecule has 14 heteroatoms. The van der Waals surface area contributed by atoms with Gasteiger partial charge in [-0.3, -0.25) is 24.2 Å². The highest BCUT2D eigenvalue weighted by Gasteiger charge is 2.37. The Kier molecular flexibility index (Phi) is 22.0. The lowest BCUT2D eigenvalue weighted by atomic mass is 9.85. The van der Waals surface area contributed by atoms with Crippen LogP contribution in [0.5, 0.6) is 5.75 Å². The van der Waals surface area contributed by atoms with Crippen LogP contribution in [0.15, 0.2) is 72.4 Å². The fourth-order valence-electron chi connectivity index (χ4n) is 6.40. The lowest BCUT2D eigenvalue weighted by Crippen LogP contribution is -2.62. The van der Waals surface area contributed by atoms with E-state index in [0.717, 1.165) is 18.4 Å². The zero-order valence-corrected chi connectivity index (χ0v) is 35.1. The van der Waals surface area contributed by atoms with Crippen LogP contribution in [0, 0.1) is 17.8 Å². The molecule has 58 heavy (non-hydrogen) atoms. The van der Waals surface area contributed by atoms with E-state index in [1.807, 2.05) is 44.2 Å². The van der Waals surface area contributed by atoms with E-state index in [-0.39, 0.29) is 49.2 Å². The van der Waals surface area contributed by atoms with Gasteiger partial charge in [0.25, 0.3) is 5.91 Å². The normalized spacial score (nSPS) is 17.5. The van der Waals surface area contributed by atoms with Crippen LogP contribution in [0.1, 0.15) is 92.1 Å². The maximum Gasteiger partial charge on any atom is 0.330 e. The van der Waals surface area contributed by atoms with Crippen LogP contribution in [-0.4, -0.2) is 95.2 Å². The average Bonchev–Trinajstić information content (AvgIpc) is 3.18. The number of hydrogen-bond donors (Lipinski definition) is 5. The third kappa shape index (κ3) is 17.6. The number of hydrazine groups is 1. The molecule has 0 saturated carbocycles. The number of esters is 2. The van der Waals surface area contributed by atoms with Crippen LogP contribution in [0.4, 0.5) is 0 Å². The number of allylic oxidation sites excluding steroid dienone is 7. The first-order chi connectivity index (χ1) is 27.6. The molecule has 2 rings (SSSR count). The molecule has 0 aromatic heterocycles. The molecule has 6 unspecified atom stereocenters. The van der Waals surface area contributed by atoms with E-state index in [2.05, 4.69) is 16.1 Å². The number of nitrogens with one attached hydrogen (secondary N) is 3. The fraction of sp³-hybridized carbons (Fsp3) is 0.545. The maximum absolute atomic E-state index is 14.0. The van der Waals surface area contributed by atoms with E-state index in [1.165, 1.54) is 37.3 Å². The van der Waals surface area contributed by atoms with Crippen LogP contribution < -0.4 is 16.1 Å². The zero-order chi connectivity index (χ0) is 43.2. The monoisotopic (exact) mass is 808 g/mol. The van der Waals surface area contributed by atoms with Crippen molar-refractivity contribution in [2.24, 2.45) is 17.8 Å². The Morgan fingerprint density at radius 3 is 2.38 bits per heavy atom. The van der Waals surface area contributed by atoms with Gasteiger partial charge in [-0.2, -0.15) is 0 Å². The lowest BCUT2D eigenvalue weighted by molar-refractivity contribution is -0.151. The van der Waals surface area contributed by atoms with E-state index in [0.29, 0.717) is 31.4 Å². The Labute approximate surface area is 343 Å². The van der Waals surface area contributed by atoms with Gasteiger partial charge in [-0.1, -0.05) is 74.9 Å². The Balaban J connectivity index is 2.16. The Bertz CT molecular complexity index is 1650. The summed E-state index contributed by atoms with van der Waals surface area (Å²) in [5, 5.41) is 28.4. The molecule has 3 amide bonds. The molecule has 0 radical (unpaired) electrons. The summed E-state index contributed by atoms with van der Waals surface area (Å²) in [7, 11) is 1.26. The molecule has 1 aliphatic rings. The number of carbonyl (C=O) groups excluding carboxylic acids is 6. The van der Waals surface area contributed by atoms with Gasteiger partial charge in [-0.25, -0.2) is 10.2 Å². The number of nitrogens with zero attached hydrogens (tertiary/aromatic N) is 1. The number of methoxy groups -OCH3 is 1. The van der Waals surface area contributed by atoms with Crippen molar-refractivity contribution in [2.75, 3.05) is 20.3 Å². The number of amides is 3. The largest absolute Gasteiger partial charge is 0.508 e. The van der Waals surface area contributed by atoms with E-state index >= 15 is 0 Å². The molecule has 1 heterocycles. The first kappa shape index (κ1) is 49.1. The number of aliphatic hydroxyl groups excluding tert-OH is 1. The predicted octanol–water partition coefficient (Wildman–Crippen LogP) is 4.56. The lowest BCUT2D eigenvalue weighted by Gasteiger charge is -2.35. The molecule has 1 aromatic rings. The summed E-state index contributed by atoms with van der Waals surface area (Å²) in [6.45, 7) is 11.0. The van der Waals surface area contributed by atoms with Crippen molar-refractivity contribution in [1.82, 2.24) is 21.1 Å². The number of Topliss-reactive ketones (excluding diaryl/α,β-unsaturated/α-hetero) is 1. The van der Waals surface area contributed by atoms with Crippen molar-refractivity contribution in [1.29, 1.82) is 0 Å². The molecule has 0 aliphatic carbocycles. The summed E-state index contributed by atoms with van der Waals surface area (Å²) in [4.78, 5) is 77.5. The summed E-state index contributed by atoms with van der Waals surface area (Å²) in [6, 6.07) is 3.31. The van der Waals surface area contributed by atoms with Crippen molar-refractivity contribution in [3.05, 3.63) is 77.9 Å². The first-order valence-corrected chi connectivity index (χ1v) is 20.1. The number of rotatable bonds is 23. The average molecular weight is 809 g/mol. The molecule has 1 aromatic carbocycles. The number of aromatic hydroxyl groups is 1. The van der Waals surface area contributed by atoms with Crippen LogP contribution in [0.2, 0.25) is 0 Å². The molecule has 1 fully saturated rings. The molecule has 5 N–H and O–H groups in total. The second-order valence-electron chi connectivity index (χ2n) is 15.1. The summed E-state index contributed by atoms with van der Waals surface area (Å²) in [5.41, 5.74) is 4.57. The van der Waals surface area contributed by atoms with Crippen LogP contribution in [0.25, 0.3) is 0 Å². The number of ether oxygens (including phenoxy) is 2. The first-order valence-electron chi connectivity index (χ1n) is 20.1. The number of phenolic OH excluding ortho intramolecular Hbond substituents is 1. The number of benzene rings is 1. The van der Waals surface area contributed by atoms with Crippen molar-refractivity contribution in [2.45, 2.75) is 117 Å². The third-order valence-corrected chi connectivity index (χ3v) is 9.79. The molecular formula is C44H64N4O10. The Morgan fingerprint density at radius 2 is 1.72 bits per heavy atom. The van der Waals surface area contributed by atoms with Gasteiger partial charge in [0.1, 0.15) is 29.7 Å². The van der Waals surface area contributed by atoms with Gasteiger partial charge in [0, 0.05) is 25.5 Å². The number of hydrogen-bond acceptors (Lipinski definition) is 11. The Morgan fingerprint density at radius 1 is 1.00 bits per heavy atom. The molecule has 1 saturated heterocycles. The smallest absolute Gasteiger partial charge is 0.330 e. The second kappa shape index (κ2) is 26.0. The van der Waals surface area contributed by atoms with Crippen molar-refractivity contribution in [3.63, 3.8) is 0 Å². The standard InChI is InChI=1S/C44H64N4O10/c1-8-58-38(51)23-14-18-30(4)17-12-10-9-11-13-19-31(5)40(52)35(25-24-32(6)49)41(53)46-39(29(2)3)42(54)45-37(28-33-20-15-21-34(50)27-33)43(55)48-26-16-22-36(47-48)44(56)57-7/h9-11,13-15,18,20-21,23,27,29,31,35-37,39-40,47,50,52H,8,12,16-17,19,22,24-26,28H2,1-7H3,(H,45,54)(H,46,53)/b10-9+,13-11+,23-14+,30-18+. The second-order valence-corrected chi connectivity index (χ2v) is 15.1. The summed E-state index contributed by atoms with van der Waals surface area (Å²) >= 11 is 0. The zero-order valence-electron chi connectivity index (χ0n) is 35.1. The van der Waals surface area contributed by atoms with Gasteiger partial charge in [-0.05, 0) is 88.8 Å². The highest BCUT2D eigenvalue weighted by atomic mass is 16.5. The number of carbonyl (C=O) groups is 6. The van der Waals surface area contributed by atoms with E-state index in [1.54, 1.807) is 39.0 Å². The summed E-state index contributed by atoms with van der Waals surface area (Å²) in [6.07, 6.45) is 14.6. The molecule has 0 bridgehead atoms. The van der Waals surface area contributed by atoms with Gasteiger partial charge in [-0.15, -0.1) is 0 Å². The minimum absolute atomic E-state index is 0.00577. The highest BCUT2D eigenvalue weighted by molar-refractivity contribution is 5.93. The SMILES string of the molecule is CCOC(=O)/C=C/C=C(\C)CC/C=C/C=C/CC(C)C(O)C(CCC(C)=O)C(=O)NC(C(=O)NC(Cc1cccc(O)c1)C(=O)N1CCCC(C(=O)OC)N1)C(C)C. The van der Waals surface area contributed by atoms with Crippen LogP contribution in [0.3, 0.4) is 0 Å². The molecule has 14 nitrogen and oxygen atoms in total. The van der Waals surface area contributed by atoms with Gasteiger partial charge in [0.2, 0.25) is 11.8 Å². The summed E-state index contributed by atoms with van der Waals surface area (Å²) < 4.78 is 9.72. The van der Waals surface area contributed by atoms with Crippen LogP contribution in [-0.2, 0) is 44.7 Å². The van der Waals surface area contributed by atoms with E-state index in [9.17, 15) is 39.0 Å². The minimum atomic E-state index is -1.14. The molecule has 0 spiro atoms. The van der Waals surface area contributed by atoms with Gasteiger partial charge in [0.15, 0.2) is 0 Å². The Hall–Kier alpha value is -5.08. The van der Waals surface area contributed by atoms with Gasteiger partial charge >= 0.3 is 11.9 Å². The molecule has 1 aliphatic heterocycles. The number of phenols is 1. The fourth-order valence-corrected chi connectivity index (χ4v) is 6.40. The van der Waals surface area contributed by atoms with E-state index in [4.69, 9.17) is 9.47 Å². The van der Waals surface area contributed by atoms with Gasteiger partial charge < -0.3 is 35.1 Å². The number of ketones is 1. The third-order valence-electron chi connectivity index (χ3n) is 9.79. The minimum Gasteiger partial charge on any atom is -0.508 e. The molecular weight excluding hydrogens is 745 g/mol. The van der Waals surface area contributed by atoms with Crippen LogP contribution >= 0.6 is 0 Å². The molecule has 6 atom stereocenters. The van der Waals surface area contributed by atoms with Crippen molar-refractivity contribution in [3.8, 4) is 5.75 Å². The predicted molar refractivity (Wildman–Crippen MR) is 221 cm³/mol. The maximum atomic E-state index is 14.0. The van der Waals surface area contributed by atoms with E-state index < -0.39 is 59.8 Å². The molecule has 320 valence electrons. The van der Waals surface area contributed by atoms with Gasteiger partial charge in [0.05, 0.1) is 25.7 Å². The quantitative estimate of drug-likeness (QED) is 0.0590. The number of aliphatic hydroxyl groups is 1. The van der Waals surface area contributed by atoms with Crippen molar-refractivity contribution < 1.29 is 48.5 Å².